The molecule has 0 radical (unpaired) electrons. The minimum absolute atomic E-state index is 0.349. The molecule has 0 aromatic heterocycles. The summed E-state index contributed by atoms with van der Waals surface area (Å²) in [6.45, 7) is 2.87. The van der Waals surface area contributed by atoms with Crippen molar-refractivity contribution in [1.29, 1.82) is 0 Å². The maximum atomic E-state index is 5.37. The van der Waals surface area contributed by atoms with Crippen molar-refractivity contribution in [2.75, 3.05) is 13.7 Å². The average molecular weight is 241 g/mol. The second kappa shape index (κ2) is 3.77. The Labute approximate surface area is 63.9 Å². The fraction of sp³-hybridized carbons (Fsp3) is 1.00. The fourth-order valence-electron chi connectivity index (χ4n) is 0.619. The normalized spacial score (nSPS) is 30.7. The summed E-state index contributed by atoms with van der Waals surface area (Å²) in [6.07, 6.45) is 1.35. The molecule has 0 aromatic rings. The van der Waals surface area contributed by atoms with E-state index in [9.17, 15) is 0 Å². The van der Waals surface area contributed by atoms with Crippen molar-refractivity contribution in [1.82, 2.24) is 0 Å². The van der Waals surface area contributed by atoms with Crippen LogP contribution in [0.15, 0.2) is 0 Å². The molecule has 0 amide bonds. The maximum absolute atomic E-state index is 5.37. The fourth-order valence-corrected chi connectivity index (χ4v) is 3.21. The van der Waals surface area contributed by atoms with E-state index in [0.29, 0.717) is 6.10 Å². The van der Waals surface area contributed by atoms with E-state index >= 15 is 0 Å². The van der Waals surface area contributed by atoms with Crippen LogP contribution in [0.1, 0.15) is 13.3 Å². The third-order valence-electron chi connectivity index (χ3n) is 1.14. The van der Waals surface area contributed by atoms with Crippen LogP contribution >= 0.6 is 0 Å². The summed E-state index contributed by atoms with van der Waals surface area (Å²) in [5.74, 6) is 0. The van der Waals surface area contributed by atoms with Gasteiger partial charge >= 0.3 is 63.7 Å². The first-order valence-electron chi connectivity index (χ1n) is 2.97. The molecule has 0 N–H and O–H groups in total. The molecule has 1 unspecified atom stereocenters. The zero-order chi connectivity index (χ0) is 6.69. The molecule has 4 heteroatoms. The number of hydrogen-bond donors (Lipinski definition) is 0. The van der Waals surface area contributed by atoms with Crippen LogP contribution in [0.25, 0.3) is 0 Å². The Morgan fingerprint density at radius 3 is 2.89 bits per heavy atom. The van der Waals surface area contributed by atoms with Gasteiger partial charge < -0.3 is 0 Å². The Bertz CT molecular complexity index is 88.3. The van der Waals surface area contributed by atoms with E-state index in [2.05, 4.69) is 6.92 Å². The molecule has 0 spiro atoms. The molecule has 0 bridgehead atoms. The number of hydrogen-bond acceptors (Lipinski definition) is 3. The van der Waals surface area contributed by atoms with Crippen molar-refractivity contribution in [2.45, 2.75) is 19.4 Å². The Balaban J connectivity index is 2.23. The van der Waals surface area contributed by atoms with Gasteiger partial charge in [0.05, 0.1) is 0 Å². The molecule has 1 rings (SSSR count). The molecule has 0 aromatic carbocycles. The van der Waals surface area contributed by atoms with Crippen LogP contribution in [0.4, 0.5) is 0 Å². The van der Waals surface area contributed by atoms with Crippen molar-refractivity contribution in [3.8, 4) is 0 Å². The van der Waals surface area contributed by atoms with Gasteiger partial charge in [0.1, 0.15) is 0 Å². The first-order chi connectivity index (χ1) is 4.33. The summed E-state index contributed by atoms with van der Waals surface area (Å²) in [6, 6.07) is 0. The van der Waals surface area contributed by atoms with Crippen molar-refractivity contribution in [2.24, 2.45) is 0 Å². The summed E-state index contributed by atoms with van der Waals surface area (Å²) in [4.78, 5) is 0. The zero-order valence-corrected chi connectivity index (χ0v) is 8.22. The molecule has 9 heavy (non-hydrogen) atoms. The Morgan fingerprint density at radius 2 is 2.44 bits per heavy atom. The van der Waals surface area contributed by atoms with Crippen molar-refractivity contribution in [3.05, 3.63) is 0 Å². The van der Waals surface area contributed by atoms with Gasteiger partial charge in [0.25, 0.3) is 0 Å². The van der Waals surface area contributed by atoms with Crippen LogP contribution in [-0.4, -0.2) is 41.3 Å². The Hall–Kier alpha value is 0.698. The van der Waals surface area contributed by atoms with Crippen molar-refractivity contribution >= 4 is 21.5 Å². The molecule has 0 aliphatic carbocycles. The van der Waals surface area contributed by atoms with Crippen LogP contribution in [0.3, 0.4) is 0 Å². The van der Waals surface area contributed by atoms with Crippen LogP contribution in [0.5, 0.6) is 0 Å². The third kappa shape index (κ3) is 2.42. The summed E-state index contributed by atoms with van der Waals surface area (Å²) < 4.78 is 15.6. The molecule has 1 aliphatic heterocycles. The van der Waals surface area contributed by atoms with Gasteiger partial charge in [-0.2, -0.15) is 0 Å². The van der Waals surface area contributed by atoms with E-state index in [1.807, 2.05) is 0 Å². The van der Waals surface area contributed by atoms with E-state index < -0.39 is 21.5 Å². The summed E-state index contributed by atoms with van der Waals surface area (Å²) in [5, 5.41) is 0. The Kier molecular flexibility index (Phi) is 3.27. The van der Waals surface area contributed by atoms with Gasteiger partial charge in [0.2, 0.25) is 0 Å². The predicted molar refractivity (Wildman–Crippen MR) is 33.9 cm³/mol. The van der Waals surface area contributed by atoms with Crippen LogP contribution < -0.4 is 0 Å². The van der Waals surface area contributed by atoms with E-state index in [1.54, 1.807) is 7.11 Å². The first-order valence-corrected chi connectivity index (χ1v) is 6.09. The van der Waals surface area contributed by atoms with Gasteiger partial charge in [-0.15, -0.1) is 0 Å². The summed E-state index contributed by atoms with van der Waals surface area (Å²) in [5.41, 5.74) is 0. The van der Waals surface area contributed by atoms with Crippen molar-refractivity contribution < 1.29 is 9.05 Å². The SMILES string of the molecule is C[O][Sb]1[O]CCC(C)[O]1. The van der Waals surface area contributed by atoms with Crippen molar-refractivity contribution in [3.63, 3.8) is 0 Å². The van der Waals surface area contributed by atoms with Crippen LogP contribution in [0.2, 0.25) is 0 Å². The molecule has 1 aliphatic rings. The molecule has 1 fully saturated rings. The predicted octanol–water partition coefficient (Wildman–Crippen LogP) is 0.443. The molecule has 3 nitrogen and oxygen atoms in total. The van der Waals surface area contributed by atoms with Gasteiger partial charge in [-0.05, 0) is 0 Å². The Morgan fingerprint density at radius 1 is 1.67 bits per heavy atom. The van der Waals surface area contributed by atoms with E-state index in [-0.39, 0.29) is 0 Å². The molecule has 54 valence electrons. The number of rotatable bonds is 1. The van der Waals surface area contributed by atoms with Crippen LogP contribution in [-0.2, 0) is 9.05 Å². The second-order valence-electron chi connectivity index (χ2n) is 1.94. The molecule has 0 saturated carbocycles. The van der Waals surface area contributed by atoms with E-state index in [4.69, 9.17) is 9.05 Å². The quantitative estimate of drug-likeness (QED) is 0.623. The topological polar surface area (TPSA) is 27.7 Å². The summed E-state index contributed by atoms with van der Waals surface area (Å²) >= 11 is -2.06. The van der Waals surface area contributed by atoms with Gasteiger partial charge in [0.15, 0.2) is 0 Å². The van der Waals surface area contributed by atoms with E-state index in [1.165, 1.54) is 0 Å². The van der Waals surface area contributed by atoms with Gasteiger partial charge in [-0.25, -0.2) is 0 Å². The van der Waals surface area contributed by atoms with E-state index in [0.717, 1.165) is 13.0 Å². The molecular weight excluding hydrogens is 230 g/mol. The summed E-state index contributed by atoms with van der Waals surface area (Å²) in [7, 11) is 1.65. The second-order valence-corrected chi connectivity index (χ2v) is 5.60. The molecular formula is C5H11O3Sb. The van der Waals surface area contributed by atoms with Gasteiger partial charge in [-0.3, -0.25) is 0 Å². The average Bonchev–Trinajstić information content (AvgIpc) is 1.88. The minimum atomic E-state index is -2.06. The van der Waals surface area contributed by atoms with Gasteiger partial charge in [-0.1, -0.05) is 0 Å². The standard InChI is InChI=1S/C4H8O2.CH3O.Sb/c1-4(6)2-3-5;1-2;/h4H,2-3H2,1H3;1H3;/q-2;-1;+3. The van der Waals surface area contributed by atoms with Gasteiger partial charge in [0, 0.05) is 0 Å². The first kappa shape index (κ1) is 7.80. The zero-order valence-electron chi connectivity index (χ0n) is 5.66. The molecule has 1 atom stereocenters. The monoisotopic (exact) mass is 240 g/mol. The molecule has 1 saturated heterocycles. The molecule has 1 heterocycles. The third-order valence-corrected chi connectivity index (χ3v) is 4.63. The van der Waals surface area contributed by atoms with Crippen LogP contribution in [0, 0.1) is 0 Å².